The molecule has 1 atom stereocenters. The highest BCUT2D eigenvalue weighted by Gasteiger charge is 2.30. The van der Waals surface area contributed by atoms with Gasteiger partial charge in [0.05, 0.1) is 17.6 Å². The number of rotatable bonds is 4. The predicted molar refractivity (Wildman–Crippen MR) is 103 cm³/mol. The van der Waals surface area contributed by atoms with E-state index in [2.05, 4.69) is 0 Å². The normalized spacial score (nSPS) is 18.8. The van der Waals surface area contributed by atoms with Gasteiger partial charge in [-0.3, -0.25) is 0 Å². The third kappa shape index (κ3) is 3.51. The van der Waals surface area contributed by atoms with E-state index in [1.54, 1.807) is 16.4 Å². The van der Waals surface area contributed by atoms with E-state index in [4.69, 9.17) is 4.74 Å². The van der Waals surface area contributed by atoms with Gasteiger partial charge in [-0.2, -0.15) is 4.31 Å². The molecule has 26 heavy (non-hydrogen) atoms. The van der Waals surface area contributed by atoms with Crippen molar-refractivity contribution in [2.75, 3.05) is 19.7 Å². The molecule has 0 aliphatic carbocycles. The van der Waals surface area contributed by atoms with Crippen LogP contribution >= 0.6 is 0 Å². The van der Waals surface area contributed by atoms with E-state index < -0.39 is 10.0 Å². The largest absolute Gasteiger partial charge is 0.375 e. The molecule has 1 fully saturated rings. The Bertz CT molecular complexity index is 1000. The van der Waals surface area contributed by atoms with Crippen molar-refractivity contribution in [1.82, 2.24) is 4.31 Å². The first-order valence-electron chi connectivity index (χ1n) is 8.77. The minimum Gasteiger partial charge on any atom is -0.375 e. The van der Waals surface area contributed by atoms with Crippen LogP contribution in [0.4, 0.5) is 0 Å². The Hall–Kier alpha value is -2.21. The van der Waals surface area contributed by atoms with Crippen LogP contribution in [0.2, 0.25) is 0 Å². The summed E-state index contributed by atoms with van der Waals surface area (Å²) in [5.41, 5.74) is 1.16. The number of sulfonamides is 1. The van der Waals surface area contributed by atoms with Gasteiger partial charge in [0.1, 0.15) is 0 Å². The average Bonchev–Trinajstić information content (AvgIpc) is 2.68. The van der Waals surface area contributed by atoms with Gasteiger partial charge in [0.25, 0.3) is 0 Å². The summed E-state index contributed by atoms with van der Waals surface area (Å²) < 4.78 is 33.6. The molecule has 0 radical (unpaired) electrons. The van der Waals surface area contributed by atoms with Crippen molar-refractivity contribution in [3.05, 3.63) is 78.4 Å². The van der Waals surface area contributed by atoms with E-state index in [0.29, 0.717) is 31.0 Å². The zero-order valence-electron chi connectivity index (χ0n) is 14.4. The highest BCUT2D eigenvalue weighted by atomic mass is 32.2. The first kappa shape index (κ1) is 17.2. The molecule has 0 unspecified atom stereocenters. The topological polar surface area (TPSA) is 46.6 Å². The molecule has 0 saturated carbocycles. The standard InChI is InChI=1S/C21H21NO3S/c23-26(24,21-11-10-18-8-4-5-9-19(18)15-21)22-12-13-25-20(16-22)14-17-6-2-1-3-7-17/h1-11,15,20H,12-14,16H2/t20-/m0/s1. The molecule has 5 heteroatoms. The number of morpholine rings is 1. The fraction of sp³-hybridized carbons (Fsp3) is 0.238. The van der Waals surface area contributed by atoms with Crippen LogP contribution in [-0.4, -0.2) is 38.5 Å². The maximum Gasteiger partial charge on any atom is 0.243 e. The van der Waals surface area contributed by atoms with Gasteiger partial charge in [-0.1, -0.05) is 60.7 Å². The van der Waals surface area contributed by atoms with E-state index in [-0.39, 0.29) is 6.10 Å². The van der Waals surface area contributed by atoms with Crippen molar-refractivity contribution in [2.24, 2.45) is 0 Å². The number of nitrogens with zero attached hydrogens (tertiary/aromatic N) is 1. The summed E-state index contributed by atoms with van der Waals surface area (Å²) in [4.78, 5) is 0.344. The Morgan fingerprint density at radius 3 is 2.46 bits per heavy atom. The zero-order chi connectivity index (χ0) is 18.0. The first-order chi connectivity index (χ1) is 12.6. The van der Waals surface area contributed by atoms with Crippen LogP contribution in [-0.2, 0) is 21.2 Å². The van der Waals surface area contributed by atoms with Crippen LogP contribution in [0, 0.1) is 0 Å². The summed E-state index contributed by atoms with van der Waals surface area (Å²) in [5.74, 6) is 0. The van der Waals surface area contributed by atoms with Crippen LogP contribution < -0.4 is 0 Å². The SMILES string of the molecule is O=S(=O)(c1ccc2ccccc2c1)N1CCO[C@@H](Cc2ccccc2)C1. The van der Waals surface area contributed by atoms with Gasteiger partial charge in [-0.15, -0.1) is 0 Å². The summed E-state index contributed by atoms with van der Waals surface area (Å²) in [7, 11) is -3.53. The lowest BCUT2D eigenvalue weighted by Gasteiger charge is -2.32. The van der Waals surface area contributed by atoms with Gasteiger partial charge in [-0.25, -0.2) is 8.42 Å². The molecule has 0 bridgehead atoms. The molecule has 0 amide bonds. The fourth-order valence-electron chi connectivity index (χ4n) is 3.39. The fourth-order valence-corrected chi connectivity index (χ4v) is 4.88. The predicted octanol–water partition coefficient (Wildman–Crippen LogP) is 3.47. The minimum atomic E-state index is -3.53. The Morgan fingerprint density at radius 1 is 0.923 bits per heavy atom. The van der Waals surface area contributed by atoms with Crippen molar-refractivity contribution in [3.63, 3.8) is 0 Å². The second kappa shape index (κ2) is 7.19. The molecule has 3 aromatic rings. The van der Waals surface area contributed by atoms with E-state index in [1.807, 2.05) is 60.7 Å². The third-order valence-corrected chi connectivity index (χ3v) is 6.63. The molecule has 1 aliphatic rings. The molecule has 1 aliphatic heterocycles. The van der Waals surface area contributed by atoms with Crippen molar-refractivity contribution < 1.29 is 13.2 Å². The van der Waals surface area contributed by atoms with Crippen molar-refractivity contribution >= 4 is 20.8 Å². The number of ether oxygens (including phenoxy) is 1. The number of fused-ring (bicyclic) bond motifs is 1. The van der Waals surface area contributed by atoms with Crippen molar-refractivity contribution in [1.29, 1.82) is 0 Å². The van der Waals surface area contributed by atoms with Crippen LogP contribution in [0.5, 0.6) is 0 Å². The van der Waals surface area contributed by atoms with Gasteiger partial charge in [-0.05, 0) is 34.9 Å². The Morgan fingerprint density at radius 2 is 1.65 bits per heavy atom. The van der Waals surface area contributed by atoms with Gasteiger partial charge in [0.15, 0.2) is 0 Å². The van der Waals surface area contributed by atoms with Crippen LogP contribution in [0.3, 0.4) is 0 Å². The summed E-state index contributed by atoms with van der Waals surface area (Å²) >= 11 is 0. The summed E-state index contributed by atoms with van der Waals surface area (Å²) in [5, 5.41) is 1.97. The smallest absolute Gasteiger partial charge is 0.243 e. The van der Waals surface area contributed by atoms with Gasteiger partial charge in [0.2, 0.25) is 10.0 Å². The highest BCUT2D eigenvalue weighted by molar-refractivity contribution is 7.89. The van der Waals surface area contributed by atoms with Gasteiger partial charge in [0, 0.05) is 13.1 Å². The van der Waals surface area contributed by atoms with E-state index in [9.17, 15) is 8.42 Å². The van der Waals surface area contributed by atoms with Crippen LogP contribution in [0.1, 0.15) is 5.56 Å². The first-order valence-corrected chi connectivity index (χ1v) is 10.2. The van der Waals surface area contributed by atoms with Gasteiger partial charge >= 0.3 is 0 Å². The maximum atomic E-state index is 13.1. The summed E-state index contributed by atoms with van der Waals surface area (Å²) in [6.07, 6.45) is 0.589. The molecule has 0 spiro atoms. The molecule has 1 saturated heterocycles. The number of hydrogen-bond donors (Lipinski definition) is 0. The van der Waals surface area contributed by atoms with E-state index in [0.717, 1.165) is 16.3 Å². The molecule has 0 aromatic heterocycles. The number of hydrogen-bond acceptors (Lipinski definition) is 3. The molecular formula is C21H21NO3S. The quantitative estimate of drug-likeness (QED) is 0.709. The van der Waals surface area contributed by atoms with Crippen molar-refractivity contribution in [2.45, 2.75) is 17.4 Å². The zero-order valence-corrected chi connectivity index (χ0v) is 15.2. The summed E-state index contributed by atoms with van der Waals surface area (Å²) in [6, 6.07) is 23.1. The highest BCUT2D eigenvalue weighted by Crippen LogP contribution is 2.24. The molecule has 134 valence electrons. The number of benzene rings is 3. The Labute approximate surface area is 154 Å². The molecule has 4 nitrogen and oxygen atoms in total. The molecule has 4 rings (SSSR count). The van der Waals surface area contributed by atoms with Gasteiger partial charge < -0.3 is 4.74 Å². The maximum absolute atomic E-state index is 13.1. The Balaban J connectivity index is 1.56. The second-order valence-electron chi connectivity index (χ2n) is 6.55. The van der Waals surface area contributed by atoms with Crippen LogP contribution in [0.25, 0.3) is 10.8 Å². The molecular weight excluding hydrogens is 346 g/mol. The lowest BCUT2D eigenvalue weighted by Crippen LogP contribution is -2.46. The molecule has 3 aromatic carbocycles. The lowest BCUT2D eigenvalue weighted by atomic mass is 10.1. The molecule has 1 heterocycles. The minimum absolute atomic E-state index is 0.124. The summed E-state index contributed by atoms with van der Waals surface area (Å²) in [6.45, 7) is 1.19. The molecule has 0 N–H and O–H groups in total. The van der Waals surface area contributed by atoms with Crippen molar-refractivity contribution in [3.8, 4) is 0 Å². The lowest BCUT2D eigenvalue weighted by molar-refractivity contribution is -0.000492. The van der Waals surface area contributed by atoms with E-state index in [1.165, 1.54) is 0 Å². The van der Waals surface area contributed by atoms with Crippen LogP contribution in [0.15, 0.2) is 77.7 Å². The van der Waals surface area contributed by atoms with E-state index >= 15 is 0 Å². The Kier molecular flexibility index (Phi) is 4.76. The second-order valence-corrected chi connectivity index (χ2v) is 8.49. The average molecular weight is 367 g/mol. The monoisotopic (exact) mass is 367 g/mol. The third-order valence-electron chi connectivity index (χ3n) is 4.77.